The van der Waals surface area contributed by atoms with Crippen LogP contribution in [0.3, 0.4) is 0 Å². The van der Waals surface area contributed by atoms with Crippen LogP contribution >= 0.6 is 0 Å². The van der Waals surface area contributed by atoms with Crippen molar-refractivity contribution in [3.05, 3.63) is 12.2 Å². The molecule has 0 aromatic heterocycles. The third-order valence-electron chi connectivity index (χ3n) is 1.41. The smallest absolute Gasteiger partial charge is 0.320 e. The minimum absolute atomic E-state index is 0.196. The number of carbonyl (C=O) groups excluding carboxylic acids is 1. The molecule has 0 amide bonds. The molecule has 0 saturated carbocycles. The highest BCUT2D eigenvalue weighted by atomic mass is 16.6. The number of hydrogen-bond acceptors (Lipinski definition) is 3. The Labute approximate surface area is 86.5 Å². The van der Waals surface area contributed by atoms with Crippen molar-refractivity contribution in [3.8, 4) is 0 Å². The first-order chi connectivity index (χ1) is 6.45. The summed E-state index contributed by atoms with van der Waals surface area (Å²) in [6.07, 6.45) is 5.00. The number of carbonyl (C=O) groups is 1. The fourth-order valence-corrected chi connectivity index (χ4v) is 0.920. The summed E-state index contributed by atoms with van der Waals surface area (Å²) in [5, 5.41) is 3.02. The highest BCUT2D eigenvalue weighted by molar-refractivity contribution is 5.72. The predicted molar refractivity (Wildman–Crippen MR) is 58.1 cm³/mol. The van der Waals surface area contributed by atoms with Gasteiger partial charge in [-0.1, -0.05) is 12.2 Å². The van der Waals surface area contributed by atoms with E-state index < -0.39 is 0 Å². The van der Waals surface area contributed by atoms with E-state index in [1.807, 2.05) is 33.8 Å². The number of esters is 1. The zero-order chi connectivity index (χ0) is 11.0. The van der Waals surface area contributed by atoms with Gasteiger partial charge >= 0.3 is 5.97 Å². The standard InChI is InChI=1S/C11H21NO2/c1-5-6-7-8-12-9-10(13)14-11(2,3)4/h5-6,12H,7-9H2,1-4H3/b6-5+. The van der Waals surface area contributed by atoms with Gasteiger partial charge in [0.2, 0.25) is 0 Å². The summed E-state index contributed by atoms with van der Waals surface area (Å²) >= 11 is 0. The summed E-state index contributed by atoms with van der Waals surface area (Å²) < 4.78 is 5.12. The number of hydrogen-bond donors (Lipinski definition) is 1. The van der Waals surface area contributed by atoms with E-state index >= 15 is 0 Å². The normalized spacial score (nSPS) is 12.0. The van der Waals surface area contributed by atoms with Crippen LogP contribution in [0.5, 0.6) is 0 Å². The lowest BCUT2D eigenvalue weighted by Gasteiger charge is -2.19. The molecule has 82 valence electrons. The number of ether oxygens (including phenoxy) is 1. The molecule has 0 aliphatic heterocycles. The highest BCUT2D eigenvalue weighted by Gasteiger charge is 2.15. The van der Waals surface area contributed by atoms with Crippen molar-refractivity contribution in [2.45, 2.75) is 39.7 Å². The van der Waals surface area contributed by atoms with Gasteiger partial charge in [0.05, 0.1) is 6.54 Å². The Morgan fingerprint density at radius 2 is 2.07 bits per heavy atom. The average Bonchev–Trinajstić information content (AvgIpc) is 2.00. The molecule has 0 heterocycles. The van der Waals surface area contributed by atoms with Gasteiger partial charge < -0.3 is 10.1 Å². The lowest BCUT2D eigenvalue weighted by atomic mass is 10.2. The van der Waals surface area contributed by atoms with Crippen LogP contribution in [0.15, 0.2) is 12.2 Å². The summed E-state index contributed by atoms with van der Waals surface area (Å²) in [5.74, 6) is -0.196. The summed E-state index contributed by atoms with van der Waals surface area (Å²) in [7, 11) is 0. The molecule has 0 aliphatic rings. The zero-order valence-electron chi connectivity index (χ0n) is 9.59. The molecule has 0 unspecified atom stereocenters. The molecular formula is C11H21NO2. The van der Waals surface area contributed by atoms with Crippen LogP contribution in [-0.2, 0) is 9.53 Å². The maximum Gasteiger partial charge on any atom is 0.320 e. The van der Waals surface area contributed by atoms with Crippen LogP contribution in [0.2, 0.25) is 0 Å². The number of nitrogens with one attached hydrogen (secondary N) is 1. The molecule has 0 atom stereocenters. The molecule has 0 radical (unpaired) electrons. The molecular weight excluding hydrogens is 178 g/mol. The molecule has 0 spiro atoms. The zero-order valence-corrected chi connectivity index (χ0v) is 9.59. The Balaban J connectivity index is 3.45. The van der Waals surface area contributed by atoms with Crippen molar-refractivity contribution >= 4 is 5.97 Å². The molecule has 3 heteroatoms. The van der Waals surface area contributed by atoms with Crippen molar-refractivity contribution in [1.29, 1.82) is 0 Å². The van der Waals surface area contributed by atoms with E-state index in [1.54, 1.807) is 0 Å². The second-order valence-corrected chi connectivity index (χ2v) is 4.12. The van der Waals surface area contributed by atoms with Crippen LogP contribution < -0.4 is 5.32 Å². The monoisotopic (exact) mass is 199 g/mol. The lowest BCUT2D eigenvalue weighted by molar-refractivity contribution is -0.153. The second kappa shape index (κ2) is 6.60. The van der Waals surface area contributed by atoms with Gasteiger partial charge in [0, 0.05) is 0 Å². The summed E-state index contributed by atoms with van der Waals surface area (Å²) in [6.45, 7) is 8.67. The van der Waals surface area contributed by atoms with E-state index in [4.69, 9.17) is 4.74 Å². The van der Waals surface area contributed by atoms with Gasteiger partial charge in [-0.2, -0.15) is 0 Å². The van der Waals surface area contributed by atoms with Crippen LogP contribution in [-0.4, -0.2) is 24.7 Å². The largest absolute Gasteiger partial charge is 0.459 e. The Morgan fingerprint density at radius 3 is 2.57 bits per heavy atom. The predicted octanol–water partition coefficient (Wildman–Crippen LogP) is 1.88. The first-order valence-corrected chi connectivity index (χ1v) is 4.99. The lowest BCUT2D eigenvalue weighted by Crippen LogP contribution is -2.31. The third-order valence-corrected chi connectivity index (χ3v) is 1.41. The first kappa shape index (κ1) is 13.2. The highest BCUT2D eigenvalue weighted by Crippen LogP contribution is 2.05. The molecule has 0 aromatic rings. The SMILES string of the molecule is C/C=C/CCNCC(=O)OC(C)(C)C. The first-order valence-electron chi connectivity index (χ1n) is 4.99. The number of rotatable bonds is 5. The Bertz CT molecular complexity index is 192. The Kier molecular flexibility index (Phi) is 6.21. The van der Waals surface area contributed by atoms with Crippen molar-refractivity contribution in [1.82, 2.24) is 5.32 Å². The molecule has 0 fully saturated rings. The molecule has 0 aromatic carbocycles. The van der Waals surface area contributed by atoms with Crippen LogP contribution in [0.4, 0.5) is 0 Å². The molecule has 3 nitrogen and oxygen atoms in total. The molecule has 0 bridgehead atoms. The van der Waals surface area contributed by atoms with Crippen molar-refractivity contribution in [2.75, 3.05) is 13.1 Å². The van der Waals surface area contributed by atoms with Gasteiger partial charge in [0.15, 0.2) is 0 Å². The molecule has 1 N–H and O–H groups in total. The van der Waals surface area contributed by atoms with Gasteiger partial charge in [-0.15, -0.1) is 0 Å². The molecule has 0 rings (SSSR count). The fraction of sp³-hybridized carbons (Fsp3) is 0.727. The molecule has 14 heavy (non-hydrogen) atoms. The van der Waals surface area contributed by atoms with Crippen LogP contribution in [0.25, 0.3) is 0 Å². The molecule has 0 saturated heterocycles. The fourth-order valence-electron chi connectivity index (χ4n) is 0.920. The molecule has 0 aliphatic carbocycles. The maximum atomic E-state index is 11.2. The van der Waals surface area contributed by atoms with E-state index in [9.17, 15) is 4.79 Å². The quantitative estimate of drug-likeness (QED) is 0.417. The van der Waals surface area contributed by atoms with Gasteiger partial charge in [0.25, 0.3) is 0 Å². The minimum atomic E-state index is -0.387. The van der Waals surface area contributed by atoms with Crippen LogP contribution in [0, 0.1) is 0 Å². The maximum absolute atomic E-state index is 11.2. The van der Waals surface area contributed by atoms with E-state index in [0.717, 1.165) is 13.0 Å². The van der Waals surface area contributed by atoms with Crippen molar-refractivity contribution in [3.63, 3.8) is 0 Å². The minimum Gasteiger partial charge on any atom is -0.459 e. The van der Waals surface area contributed by atoms with Crippen LogP contribution in [0.1, 0.15) is 34.1 Å². The third kappa shape index (κ3) is 9.26. The Hall–Kier alpha value is -0.830. The van der Waals surface area contributed by atoms with Gasteiger partial charge in [-0.3, -0.25) is 4.79 Å². The second-order valence-electron chi connectivity index (χ2n) is 4.12. The summed E-state index contributed by atoms with van der Waals surface area (Å²) in [5.41, 5.74) is -0.387. The van der Waals surface area contributed by atoms with Crippen molar-refractivity contribution in [2.24, 2.45) is 0 Å². The van der Waals surface area contributed by atoms with Gasteiger partial charge in [-0.25, -0.2) is 0 Å². The topological polar surface area (TPSA) is 38.3 Å². The van der Waals surface area contributed by atoms with Crippen molar-refractivity contribution < 1.29 is 9.53 Å². The van der Waals surface area contributed by atoms with E-state index in [0.29, 0.717) is 0 Å². The van der Waals surface area contributed by atoms with E-state index in [2.05, 4.69) is 11.4 Å². The summed E-state index contributed by atoms with van der Waals surface area (Å²) in [6, 6.07) is 0. The van der Waals surface area contributed by atoms with Gasteiger partial charge in [0.1, 0.15) is 5.60 Å². The Morgan fingerprint density at radius 1 is 1.43 bits per heavy atom. The number of allylic oxidation sites excluding steroid dienone is 1. The average molecular weight is 199 g/mol. The van der Waals surface area contributed by atoms with E-state index in [1.165, 1.54) is 0 Å². The van der Waals surface area contributed by atoms with E-state index in [-0.39, 0.29) is 18.1 Å². The summed E-state index contributed by atoms with van der Waals surface area (Å²) in [4.78, 5) is 11.2. The van der Waals surface area contributed by atoms with Gasteiger partial charge in [-0.05, 0) is 40.7 Å².